The summed E-state index contributed by atoms with van der Waals surface area (Å²) in [6.07, 6.45) is 5.47. The molecule has 1 aliphatic carbocycles. The third kappa shape index (κ3) is 3.08. The first-order valence-corrected chi connectivity index (χ1v) is 8.01. The maximum Gasteiger partial charge on any atom is 0.228 e. The molecule has 1 N–H and O–H groups in total. The number of aromatic nitrogens is 4. The van der Waals surface area contributed by atoms with Gasteiger partial charge in [0, 0.05) is 5.92 Å². The molecule has 0 saturated heterocycles. The van der Waals surface area contributed by atoms with Crippen molar-refractivity contribution in [2.24, 2.45) is 5.92 Å². The van der Waals surface area contributed by atoms with Gasteiger partial charge in [-0.1, -0.05) is 18.2 Å². The van der Waals surface area contributed by atoms with Crippen molar-refractivity contribution in [3.8, 4) is 11.6 Å². The number of hydrogen-bond acceptors (Lipinski definition) is 5. The Kier molecular flexibility index (Phi) is 3.89. The lowest BCUT2D eigenvalue weighted by Gasteiger charge is -2.08. The van der Waals surface area contributed by atoms with Crippen molar-refractivity contribution in [1.29, 1.82) is 0 Å². The molecule has 1 fully saturated rings. The monoisotopic (exact) mass is 335 g/mol. The van der Waals surface area contributed by atoms with Gasteiger partial charge in [-0.05, 0) is 36.1 Å². The van der Waals surface area contributed by atoms with E-state index >= 15 is 0 Å². The predicted molar refractivity (Wildman–Crippen MR) is 91.6 cm³/mol. The molecule has 0 bridgehead atoms. The van der Waals surface area contributed by atoms with E-state index in [4.69, 9.17) is 4.74 Å². The Labute approximate surface area is 144 Å². The number of anilines is 1. The highest BCUT2D eigenvalue weighted by molar-refractivity contribution is 5.95. The van der Waals surface area contributed by atoms with Crippen LogP contribution in [0, 0.1) is 5.92 Å². The number of rotatable bonds is 5. The Balaban J connectivity index is 1.41. The van der Waals surface area contributed by atoms with Gasteiger partial charge in [0.25, 0.3) is 0 Å². The van der Waals surface area contributed by atoms with E-state index in [-0.39, 0.29) is 17.7 Å². The molecule has 2 atom stereocenters. The summed E-state index contributed by atoms with van der Waals surface area (Å²) in [4.78, 5) is 20.6. The maximum absolute atomic E-state index is 12.5. The Morgan fingerprint density at radius 3 is 2.88 bits per heavy atom. The van der Waals surface area contributed by atoms with Crippen LogP contribution in [-0.4, -0.2) is 32.8 Å². The molecule has 7 nitrogen and oxygen atoms in total. The van der Waals surface area contributed by atoms with Crippen molar-refractivity contribution in [1.82, 2.24) is 19.7 Å². The van der Waals surface area contributed by atoms with Gasteiger partial charge in [0.2, 0.25) is 5.91 Å². The van der Waals surface area contributed by atoms with Crippen molar-refractivity contribution in [3.05, 3.63) is 60.8 Å². The largest absolute Gasteiger partial charge is 0.496 e. The molecule has 1 aromatic carbocycles. The molecule has 25 heavy (non-hydrogen) atoms. The molecule has 0 radical (unpaired) electrons. The number of hydrogen-bond donors (Lipinski definition) is 1. The molecule has 1 saturated carbocycles. The fourth-order valence-corrected chi connectivity index (χ4v) is 2.96. The van der Waals surface area contributed by atoms with Gasteiger partial charge in [-0.25, -0.2) is 14.6 Å². The van der Waals surface area contributed by atoms with Crippen LogP contribution in [-0.2, 0) is 4.79 Å². The highest BCUT2D eigenvalue weighted by Crippen LogP contribution is 2.50. The summed E-state index contributed by atoms with van der Waals surface area (Å²) < 4.78 is 6.95. The van der Waals surface area contributed by atoms with E-state index in [0.717, 1.165) is 17.7 Å². The zero-order valence-electron chi connectivity index (χ0n) is 13.7. The number of nitrogens with one attached hydrogen (secondary N) is 1. The van der Waals surface area contributed by atoms with Crippen LogP contribution in [0.4, 0.5) is 5.69 Å². The second kappa shape index (κ2) is 6.35. The molecular weight excluding hydrogens is 318 g/mol. The van der Waals surface area contributed by atoms with Gasteiger partial charge in [-0.2, -0.15) is 5.10 Å². The normalized spacial score (nSPS) is 18.6. The average molecular weight is 335 g/mol. The SMILES string of the molecule is COc1ccccc1[C@@H]1C[C@H]1C(=O)Nc1ccc(-n2cncn2)nc1. The van der Waals surface area contributed by atoms with Crippen LogP contribution < -0.4 is 10.1 Å². The average Bonchev–Trinajstić information content (AvgIpc) is 3.27. The molecule has 126 valence electrons. The number of ether oxygens (including phenoxy) is 1. The summed E-state index contributed by atoms with van der Waals surface area (Å²) in [5, 5.41) is 6.95. The minimum absolute atomic E-state index is 0.00575. The molecule has 7 heteroatoms. The van der Waals surface area contributed by atoms with Crippen molar-refractivity contribution in [2.45, 2.75) is 12.3 Å². The summed E-state index contributed by atoms with van der Waals surface area (Å²) in [7, 11) is 1.65. The second-order valence-corrected chi connectivity index (χ2v) is 5.93. The summed E-state index contributed by atoms with van der Waals surface area (Å²) in [6, 6.07) is 11.4. The minimum atomic E-state index is -0.0358. The first kappa shape index (κ1) is 15.3. The molecule has 0 unspecified atom stereocenters. The van der Waals surface area contributed by atoms with Crippen LogP contribution in [0.15, 0.2) is 55.2 Å². The third-order valence-electron chi connectivity index (χ3n) is 4.33. The number of carbonyl (C=O) groups is 1. The van der Waals surface area contributed by atoms with Crippen LogP contribution in [0.2, 0.25) is 0 Å². The summed E-state index contributed by atoms with van der Waals surface area (Å²) in [5.74, 6) is 1.66. The van der Waals surface area contributed by atoms with Crippen LogP contribution in [0.5, 0.6) is 5.75 Å². The van der Waals surface area contributed by atoms with Crippen LogP contribution in [0.3, 0.4) is 0 Å². The van der Waals surface area contributed by atoms with E-state index in [1.54, 1.807) is 30.4 Å². The lowest BCUT2D eigenvalue weighted by atomic mass is 10.1. The topological polar surface area (TPSA) is 81.9 Å². The summed E-state index contributed by atoms with van der Waals surface area (Å²) in [5.41, 5.74) is 1.75. The fourth-order valence-electron chi connectivity index (χ4n) is 2.96. The van der Waals surface area contributed by atoms with Crippen LogP contribution in [0.25, 0.3) is 5.82 Å². The van der Waals surface area contributed by atoms with Crippen molar-refractivity contribution in [3.63, 3.8) is 0 Å². The van der Waals surface area contributed by atoms with E-state index in [1.807, 2.05) is 30.3 Å². The predicted octanol–water partition coefficient (Wildman–Crippen LogP) is 2.41. The smallest absolute Gasteiger partial charge is 0.228 e. The molecule has 0 aliphatic heterocycles. The highest BCUT2D eigenvalue weighted by atomic mass is 16.5. The lowest BCUT2D eigenvalue weighted by molar-refractivity contribution is -0.117. The fraction of sp³-hybridized carbons (Fsp3) is 0.222. The van der Waals surface area contributed by atoms with Crippen LogP contribution in [0.1, 0.15) is 17.9 Å². The minimum Gasteiger partial charge on any atom is -0.496 e. The van der Waals surface area contributed by atoms with Gasteiger partial charge in [0.1, 0.15) is 18.4 Å². The van der Waals surface area contributed by atoms with E-state index < -0.39 is 0 Å². The van der Waals surface area contributed by atoms with Crippen molar-refractivity contribution in [2.75, 3.05) is 12.4 Å². The quantitative estimate of drug-likeness (QED) is 0.774. The number of pyridine rings is 1. The highest BCUT2D eigenvalue weighted by Gasteiger charge is 2.45. The zero-order chi connectivity index (χ0) is 17.2. The number of para-hydroxylation sites is 1. The maximum atomic E-state index is 12.5. The van der Waals surface area contributed by atoms with E-state index in [2.05, 4.69) is 20.4 Å². The van der Waals surface area contributed by atoms with Gasteiger partial charge in [0.05, 0.1) is 19.0 Å². The number of methoxy groups -OCH3 is 1. The Morgan fingerprint density at radius 1 is 1.28 bits per heavy atom. The van der Waals surface area contributed by atoms with Crippen LogP contribution >= 0.6 is 0 Å². The van der Waals surface area contributed by atoms with E-state index in [9.17, 15) is 4.79 Å². The summed E-state index contributed by atoms with van der Waals surface area (Å²) >= 11 is 0. The molecule has 1 amide bonds. The van der Waals surface area contributed by atoms with Gasteiger partial charge in [-0.3, -0.25) is 4.79 Å². The molecule has 0 spiro atoms. The first-order valence-electron chi connectivity index (χ1n) is 8.01. The first-order chi connectivity index (χ1) is 12.3. The third-order valence-corrected chi connectivity index (χ3v) is 4.33. The zero-order valence-corrected chi connectivity index (χ0v) is 13.7. The Morgan fingerprint density at radius 2 is 2.16 bits per heavy atom. The summed E-state index contributed by atoms with van der Waals surface area (Å²) in [6.45, 7) is 0. The molecule has 4 rings (SSSR count). The lowest BCUT2D eigenvalue weighted by Crippen LogP contribution is -2.15. The number of benzene rings is 1. The van der Waals surface area contributed by atoms with Crippen molar-refractivity contribution < 1.29 is 9.53 Å². The molecule has 2 aromatic heterocycles. The molecule has 2 heterocycles. The molecular formula is C18H17N5O2. The molecule has 1 aliphatic rings. The van der Waals surface area contributed by atoms with Gasteiger partial charge < -0.3 is 10.1 Å². The van der Waals surface area contributed by atoms with Gasteiger partial charge >= 0.3 is 0 Å². The second-order valence-electron chi connectivity index (χ2n) is 5.93. The van der Waals surface area contributed by atoms with E-state index in [1.165, 1.54) is 6.33 Å². The Bertz CT molecular complexity index is 877. The number of amides is 1. The number of nitrogens with zero attached hydrogens (tertiary/aromatic N) is 4. The molecule has 3 aromatic rings. The Hall–Kier alpha value is -3.22. The van der Waals surface area contributed by atoms with Crippen molar-refractivity contribution >= 4 is 11.6 Å². The van der Waals surface area contributed by atoms with Gasteiger partial charge in [0.15, 0.2) is 5.82 Å². The van der Waals surface area contributed by atoms with E-state index in [0.29, 0.717) is 11.5 Å². The van der Waals surface area contributed by atoms with Gasteiger partial charge in [-0.15, -0.1) is 0 Å². The number of carbonyl (C=O) groups excluding carboxylic acids is 1. The standard InChI is InChI=1S/C18H17N5O2/c1-25-16-5-3-2-4-13(16)14-8-15(14)18(24)22-12-6-7-17(20-9-12)23-11-19-10-21-23/h2-7,9-11,14-15H,8H2,1H3,(H,22,24)/t14-,15+/m0/s1.